The molecule has 0 unspecified atom stereocenters. The Morgan fingerprint density at radius 2 is 2.32 bits per heavy atom. The average molecular weight is 328 g/mol. The number of carbonyl (C=O) groups is 1. The average Bonchev–Trinajstić information content (AvgIpc) is 2.67. The van der Waals surface area contributed by atoms with Crippen LogP contribution in [0.25, 0.3) is 0 Å². The van der Waals surface area contributed by atoms with Gasteiger partial charge >= 0.3 is 5.97 Å². The Kier molecular flexibility index (Phi) is 4.96. The van der Waals surface area contributed by atoms with Crippen molar-refractivity contribution in [3.8, 4) is 0 Å². The minimum atomic E-state index is -0.626. The molecule has 1 aromatic carbocycles. The molecular formula is C14H18BrNO3. The van der Waals surface area contributed by atoms with Gasteiger partial charge in [0, 0.05) is 11.1 Å². The number of carbonyl (C=O) groups excluding carboxylic acids is 1. The van der Waals surface area contributed by atoms with E-state index < -0.39 is 6.04 Å². The van der Waals surface area contributed by atoms with E-state index in [0.717, 1.165) is 35.0 Å². The molecule has 1 aromatic rings. The maximum Gasteiger partial charge on any atom is 0.322 e. The van der Waals surface area contributed by atoms with Gasteiger partial charge in [0.05, 0.1) is 13.7 Å². The molecule has 1 aliphatic heterocycles. The van der Waals surface area contributed by atoms with Crippen LogP contribution in [0.4, 0.5) is 0 Å². The monoisotopic (exact) mass is 327 g/mol. The van der Waals surface area contributed by atoms with Crippen molar-refractivity contribution in [3.05, 3.63) is 33.3 Å². The van der Waals surface area contributed by atoms with E-state index in [1.807, 2.05) is 12.1 Å². The number of ether oxygens (including phenoxy) is 2. The van der Waals surface area contributed by atoms with Crippen molar-refractivity contribution in [2.45, 2.75) is 31.9 Å². The summed E-state index contributed by atoms with van der Waals surface area (Å²) >= 11 is 3.58. The summed E-state index contributed by atoms with van der Waals surface area (Å²) in [7, 11) is 1.35. The summed E-state index contributed by atoms with van der Waals surface area (Å²) in [6.07, 6.45) is 2.47. The van der Waals surface area contributed by atoms with Crippen LogP contribution in [0.5, 0.6) is 0 Å². The SMILES string of the molecule is COC(=O)[C@@H](N)Cc1ccc(Br)c2c1COCCC2. The summed E-state index contributed by atoms with van der Waals surface area (Å²) in [5.74, 6) is -0.383. The Hall–Kier alpha value is -0.910. The van der Waals surface area contributed by atoms with Gasteiger partial charge in [-0.05, 0) is 42.0 Å². The first-order chi connectivity index (χ1) is 9.13. The molecule has 104 valence electrons. The molecular weight excluding hydrogens is 310 g/mol. The summed E-state index contributed by atoms with van der Waals surface area (Å²) in [6, 6.07) is 3.39. The topological polar surface area (TPSA) is 61.5 Å². The van der Waals surface area contributed by atoms with Gasteiger partial charge in [-0.15, -0.1) is 0 Å². The lowest BCUT2D eigenvalue weighted by Crippen LogP contribution is -2.34. The van der Waals surface area contributed by atoms with Crippen LogP contribution in [0.2, 0.25) is 0 Å². The second-order valence-corrected chi connectivity index (χ2v) is 5.51. The summed E-state index contributed by atoms with van der Waals surface area (Å²) < 4.78 is 11.4. The molecule has 0 fully saturated rings. The Morgan fingerprint density at radius 3 is 3.05 bits per heavy atom. The van der Waals surface area contributed by atoms with Gasteiger partial charge < -0.3 is 15.2 Å². The molecule has 0 saturated heterocycles. The highest BCUT2D eigenvalue weighted by molar-refractivity contribution is 9.10. The Balaban J connectivity index is 2.28. The molecule has 0 amide bonds. The van der Waals surface area contributed by atoms with Crippen LogP contribution in [0.15, 0.2) is 16.6 Å². The molecule has 19 heavy (non-hydrogen) atoms. The van der Waals surface area contributed by atoms with Crippen LogP contribution < -0.4 is 5.73 Å². The van der Waals surface area contributed by atoms with Gasteiger partial charge in [0.2, 0.25) is 0 Å². The van der Waals surface area contributed by atoms with E-state index in [9.17, 15) is 4.79 Å². The first-order valence-corrected chi connectivity index (χ1v) is 7.13. The van der Waals surface area contributed by atoms with Gasteiger partial charge in [0.25, 0.3) is 0 Å². The van der Waals surface area contributed by atoms with E-state index in [0.29, 0.717) is 13.0 Å². The second kappa shape index (κ2) is 6.50. The summed E-state index contributed by atoms with van der Waals surface area (Å²) in [5.41, 5.74) is 9.34. The van der Waals surface area contributed by atoms with Crippen LogP contribution in [-0.2, 0) is 33.7 Å². The third-order valence-corrected chi connectivity index (χ3v) is 4.12. The van der Waals surface area contributed by atoms with Crippen LogP contribution >= 0.6 is 15.9 Å². The standard InChI is InChI=1S/C14H18BrNO3/c1-18-14(17)13(16)7-9-4-5-12(15)10-3-2-6-19-8-11(9)10/h4-5,13H,2-3,6-8,16H2,1H3/t13-/m0/s1. The van der Waals surface area contributed by atoms with Crippen molar-refractivity contribution in [2.24, 2.45) is 5.73 Å². The van der Waals surface area contributed by atoms with Gasteiger partial charge in [-0.2, -0.15) is 0 Å². The van der Waals surface area contributed by atoms with E-state index >= 15 is 0 Å². The molecule has 1 aliphatic rings. The summed E-state index contributed by atoms with van der Waals surface area (Å²) in [6.45, 7) is 1.35. The zero-order valence-electron chi connectivity index (χ0n) is 10.9. The molecule has 2 N–H and O–H groups in total. The van der Waals surface area contributed by atoms with Crippen LogP contribution in [0, 0.1) is 0 Å². The summed E-state index contributed by atoms with van der Waals surface area (Å²) in [4.78, 5) is 11.4. The van der Waals surface area contributed by atoms with Crippen LogP contribution in [0.1, 0.15) is 23.1 Å². The minimum absolute atomic E-state index is 0.383. The first kappa shape index (κ1) is 14.5. The number of rotatable bonds is 3. The highest BCUT2D eigenvalue weighted by Crippen LogP contribution is 2.28. The largest absolute Gasteiger partial charge is 0.468 e. The molecule has 1 atom stereocenters. The number of methoxy groups -OCH3 is 1. The van der Waals surface area contributed by atoms with E-state index in [-0.39, 0.29) is 5.97 Å². The maximum absolute atomic E-state index is 11.4. The zero-order chi connectivity index (χ0) is 13.8. The van der Waals surface area contributed by atoms with E-state index in [2.05, 4.69) is 20.7 Å². The fraction of sp³-hybridized carbons (Fsp3) is 0.500. The lowest BCUT2D eigenvalue weighted by molar-refractivity contribution is -0.142. The van der Waals surface area contributed by atoms with Gasteiger partial charge in [0.1, 0.15) is 6.04 Å². The molecule has 0 radical (unpaired) electrons. The third-order valence-electron chi connectivity index (χ3n) is 3.38. The van der Waals surface area contributed by atoms with E-state index in [1.165, 1.54) is 12.7 Å². The maximum atomic E-state index is 11.4. The number of hydrogen-bond acceptors (Lipinski definition) is 4. The van der Waals surface area contributed by atoms with E-state index in [4.69, 9.17) is 10.5 Å². The minimum Gasteiger partial charge on any atom is -0.468 e. The van der Waals surface area contributed by atoms with Gasteiger partial charge in [-0.25, -0.2) is 0 Å². The van der Waals surface area contributed by atoms with Crippen molar-refractivity contribution in [3.63, 3.8) is 0 Å². The lowest BCUT2D eigenvalue weighted by Gasteiger charge is -2.16. The molecule has 1 heterocycles. The van der Waals surface area contributed by atoms with Crippen molar-refractivity contribution >= 4 is 21.9 Å². The Labute approximate surface area is 121 Å². The quantitative estimate of drug-likeness (QED) is 0.862. The normalized spacial score (nSPS) is 16.4. The molecule has 0 bridgehead atoms. The van der Waals surface area contributed by atoms with Gasteiger partial charge in [-0.1, -0.05) is 22.0 Å². The van der Waals surface area contributed by atoms with Crippen LogP contribution in [0.3, 0.4) is 0 Å². The van der Waals surface area contributed by atoms with Crippen molar-refractivity contribution in [1.82, 2.24) is 0 Å². The zero-order valence-corrected chi connectivity index (χ0v) is 12.5. The lowest BCUT2D eigenvalue weighted by atomic mass is 9.95. The first-order valence-electron chi connectivity index (χ1n) is 6.33. The highest BCUT2D eigenvalue weighted by Gasteiger charge is 2.20. The molecule has 0 spiro atoms. The summed E-state index contributed by atoms with van der Waals surface area (Å²) in [5, 5.41) is 0. The molecule has 0 aliphatic carbocycles. The van der Waals surface area contributed by atoms with Gasteiger partial charge in [-0.3, -0.25) is 4.79 Å². The van der Waals surface area contributed by atoms with Crippen molar-refractivity contribution in [2.75, 3.05) is 13.7 Å². The molecule has 0 aromatic heterocycles. The number of esters is 1. The van der Waals surface area contributed by atoms with Crippen molar-refractivity contribution < 1.29 is 14.3 Å². The highest BCUT2D eigenvalue weighted by atomic mass is 79.9. The smallest absolute Gasteiger partial charge is 0.322 e. The van der Waals surface area contributed by atoms with Crippen molar-refractivity contribution in [1.29, 1.82) is 0 Å². The molecule has 0 saturated carbocycles. The number of fused-ring (bicyclic) bond motifs is 1. The Bertz CT molecular complexity index is 476. The predicted octanol–water partition coefficient (Wildman–Crippen LogP) is 1.95. The fourth-order valence-electron chi connectivity index (χ4n) is 2.35. The number of nitrogens with two attached hydrogens (primary N) is 1. The Morgan fingerprint density at radius 1 is 1.53 bits per heavy atom. The number of hydrogen-bond donors (Lipinski definition) is 1. The van der Waals surface area contributed by atoms with Crippen LogP contribution in [-0.4, -0.2) is 25.7 Å². The third kappa shape index (κ3) is 3.35. The predicted molar refractivity (Wildman–Crippen MR) is 75.8 cm³/mol. The van der Waals surface area contributed by atoms with Gasteiger partial charge in [0.15, 0.2) is 0 Å². The molecule has 4 nitrogen and oxygen atoms in total. The second-order valence-electron chi connectivity index (χ2n) is 4.65. The molecule has 5 heteroatoms. The van der Waals surface area contributed by atoms with E-state index in [1.54, 1.807) is 0 Å². The number of halogens is 1. The number of benzene rings is 1. The molecule has 2 rings (SSSR count). The fourth-order valence-corrected chi connectivity index (χ4v) is 2.92.